The molecule has 2 N–H and O–H groups in total. The van der Waals surface area contributed by atoms with Crippen LogP contribution in [0.25, 0.3) is 22.2 Å². The highest BCUT2D eigenvalue weighted by molar-refractivity contribution is 5.93. The standard InChI is InChI=1S/C14H16N4/c1-14(2,3)10-4-11-12(9-5-17-18-6-9)8-16-13(11)15-7-10/h4-8H,1-3H3,(H,15,16)(H,17,18). The van der Waals surface area contributed by atoms with E-state index in [4.69, 9.17) is 0 Å². The third kappa shape index (κ3) is 1.70. The predicted molar refractivity (Wildman–Crippen MR) is 72.4 cm³/mol. The molecule has 92 valence electrons. The zero-order valence-electron chi connectivity index (χ0n) is 10.8. The summed E-state index contributed by atoms with van der Waals surface area (Å²) in [7, 11) is 0. The number of pyridine rings is 1. The number of H-pyrrole nitrogens is 2. The quantitative estimate of drug-likeness (QED) is 0.686. The van der Waals surface area contributed by atoms with Gasteiger partial charge in [0.05, 0.1) is 6.20 Å². The van der Waals surface area contributed by atoms with E-state index in [1.807, 2.05) is 24.8 Å². The smallest absolute Gasteiger partial charge is 0.137 e. The molecule has 0 radical (unpaired) electrons. The van der Waals surface area contributed by atoms with Gasteiger partial charge in [-0.2, -0.15) is 5.10 Å². The van der Waals surface area contributed by atoms with Crippen LogP contribution in [0.1, 0.15) is 26.3 Å². The summed E-state index contributed by atoms with van der Waals surface area (Å²) in [6.07, 6.45) is 7.64. The Hall–Kier alpha value is -2.10. The summed E-state index contributed by atoms with van der Waals surface area (Å²) in [6, 6.07) is 2.21. The van der Waals surface area contributed by atoms with E-state index in [2.05, 4.69) is 47.0 Å². The van der Waals surface area contributed by atoms with Crippen molar-refractivity contribution in [1.29, 1.82) is 0 Å². The minimum atomic E-state index is 0.103. The van der Waals surface area contributed by atoms with Crippen molar-refractivity contribution in [3.8, 4) is 11.1 Å². The topological polar surface area (TPSA) is 57.4 Å². The van der Waals surface area contributed by atoms with Gasteiger partial charge in [0.15, 0.2) is 0 Å². The fraction of sp³-hybridized carbons (Fsp3) is 0.286. The molecule has 0 atom stereocenters. The van der Waals surface area contributed by atoms with Gasteiger partial charge in [-0.25, -0.2) is 4.98 Å². The second-order valence-electron chi connectivity index (χ2n) is 5.56. The highest BCUT2D eigenvalue weighted by Crippen LogP contribution is 2.30. The molecule has 0 aliphatic heterocycles. The lowest BCUT2D eigenvalue weighted by molar-refractivity contribution is 0.588. The third-order valence-electron chi connectivity index (χ3n) is 3.21. The SMILES string of the molecule is CC(C)(C)c1cnc2[nH]cc(-c3cn[nH]c3)c2c1. The Morgan fingerprint density at radius 3 is 2.61 bits per heavy atom. The lowest BCUT2D eigenvalue weighted by Gasteiger charge is -2.18. The normalized spacial score (nSPS) is 12.2. The van der Waals surface area contributed by atoms with Crippen LogP contribution in [0.4, 0.5) is 0 Å². The van der Waals surface area contributed by atoms with Gasteiger partial charge < -0.3 is 4.98 Å². The van der Waals surface area contributed by atoms with Gasteiger partial charge in [-0.15, -0.1) is 0 Å². The Morgan fingerprint density at radius 1 is 1.11 bits per heavy atom. The molecule has 0 spiro atoms. The molecule has 3 aromatic rings. The van der Waals surface area contributed by atoms with Crippen LogP contribution in [-0.2, 0) is 5.41 Å². The molecule has 4 nitrogen and oxygen atoms in total. The summed E-state index contributed by atoms with van der Waals surface area (Å²) < 4.78 is 0. The molecule has 0 bridgehead atoms. The van der Waals surface area contributed by atoms with Crippen LogP contribution in [0.3, 0.4) is 0 Å². The molecule has 18 heavy (non-hydrogen) atoms. The van der Waals surface area contributed by atoms with Crippen molar-refractivity contribution >= 4 is 11.0 Å². The molecule has 0 amide bonds. The minimum absolute atomic E-state index is 0.103. The molecule has 0 saturated carbocycles. The molecule has 3 rings (SSSR count). The van der Waals surface area contributed by atoms with Gasteiger partial charge >= 0.3 is 0 Å². The molecular weight excluding hydrogens is 224 g/mol. The first-order chi connectivity index (χ1) is 8.55. The van der Waals surface area contributed by atoms with Gasteiger partial charge in [0, 0.05) is 35.1 Å². The second-order valence-corrected chi connectivity index (χ2v) is 5.56. The maximum absolute atomic E-state index is 4.49. The van der Waals surface area contributed by atoms with Crippen LogP contribution >= 0.6 is 0 Å². The highest BCUT2D eigenvalue weighted by atomic mass is 15.1. The number of aromatic nitrogens is 4. The van der Waals surface area contributed by atoms with Gasteiger partial charge in [-0.3, -0.25) is 5.10 Å². The van der Waals surface area contributed by atoms with Crippen LogP contribution in [0.5, 0.6) is 0 Å². The first-order valence-corrected chi connectivity index (χ1v) is 6.02. The van der Waals surface area contributed by atoms with Crippen molar-refractivity contribution in [2.75, 3.05) is 0 Å². The monoisotopic (exact) mass is 240 g/mol. The summed E-state index contributed by atoms with van der Waals surface area (Å²) in [5.41, 5.74) is 4.47. The van der Waals surface area contributed by atoms with Crippen molar-refractivity contribution < 1.29 is 0 Å². The number of nitrogens with zero attached hydrogens (tertiary/aromatic N) is 2. The van der Waals surface area contributed by atoms with Crippen LogP contribution in [0.2, 0.25) is 0 Å². The Labute approximate surface area is 105 Å². The first kappa shape index (κ1) is 11.0. The van der Waals surface area contributed by atoms with E-state index in [-0.39, 0.29) is 5.41 Å². The lowest BCUT2D eigenvalue weighted by Crippen LogP contribution is -2.11. The lowest BCUT2D eigenvalue weighted by atomic mass is 9.87. The average molecular weight is 240 g/mol. The molecule has 0 fully saturated rings. The molecule has 0 aromatic carbocycles. The van der Waals surface area contributed by atoms with Gasteiger partial charge in [-0.1, -0.05) is 20.8 Å². The van der Waals surface area contributed by atoms with Crippen molar-refractivity contribution in [3.05, 3.63) is 36.4 Å². The van der Waals surface area contributed by atoms with Gasteiger partial charge in [0.1, 0.15) is 5.65 Å². The van der Waals surface area contributed by atoms with Crippen LogP contribution in [-0.4, -0.2) is 20.2 Å². The van der Waals surface area contributed by atoms with E-state index < -0.39 is 0 Å². The molecule has 0 saturated heterocycles. The molecular formula is C14H16N4. The number of hydrogen-bond acceptors (Lipinski definition) is 2. The Kier molecular flexibility index (Phi) is 2.26. The predicted octanol–water partition coefficient (Wildman–Crippen LogP) is 3.25. The molecule has 0 aliphatic rings. The Balaban J connectivity index is 2.23. The maximum atomic E-state index is 4.49. The van der Waals surface area contributed by atoms with E-state index in [9.17, 15) is 0 Å². The fourth-order valence-electron chi connectivity index (χ4n) is 2.05. The van der Waals surface area contributed by atoms with Crippen molar-refractivity contribution in [2.24, 2.45) is 0 Å². The van der Waals surface area contributed by atoms with Gasteiger partial charge in [0.2, 0.25) is 0 Å². The van der Waals surface area contributed by atoms with Crippen LogP contribution < -0.4 is 0 Å². The number of hydrogen-bond donors (Lipinski definition) is 2. The molecule has 0 unspecified atom stereocenters. The average Bonchev–Trinajstić information content (AvgIpc) is 2.95. The van der Waals surface area contributed by atoms with Crippen LogP contribution in [0, 0.1) is 0 Å². The van der Waals surface area contributed by atoms with E-state index >= 15 is 0 Å². The fourth-order valence-corrected chi connectivity index (χ4v) is 2.05. The first-order valence-electron chi connectivity index (χ1n) is 6.02. The van der Waals surface area contributed by atoms with E-state index in [0.29, 0.717) is 0 Å². The highest BCUT2D eigenvalue weighted by Gasteiger charge is 2.16. The molecule has 3 aromatic heterocycles. The summed E-state index contributed by atoms with van der Waals surface area (Å²) >= 11 is 0. The van der Waals surface area contributed by atoms with E-state index in [1.165, 1.54) is 5.56 Å². The zero-order chi connectivity index (χ0) is 12.8. The number of rotatable bonds is 1. The Morgan fingerprint density at radius 2 is 1.94 bits per heavy atom. The van der Waals surface area contributed by atoms with E-state index in [1.54, 1.807) is 0 Å². The largest absolute Gasteiger partial charge is 0.346 e. The molecule has 0 aliphatic carbocycles. The zero-order valence-corrected chi connectivity index (χ0v) is 10.8. The summed E-state index contributed by atoms with van der Waals surface area (Å²) in [5.74, 6) is 0. The summed E-state index contributed by atoms with van der Waals surface area (Å²) in [6.45, 7) is 6.58. The van der Waals surface area contributed by atoms with Crippen molar-refractivity contribution in [1.82, 2.24) is 20.2 Å². The third-order valence-corrected chi connectivity index (χ3v) is 3.21. The van der Waals surface area contributed by atoms with Gasteiger partial charge in [-0.05, 0) is 17.0 Å². The number of nitrogens with one attached hydrogen (secondary N) is 2. The summed E-state index contributed by atoms with van der Waals surface area (Å²) in [4.78, 5) is 7.69. The van der Waals surface area contributed by atoms with E-state index in [0.717, 1.165) is 22.2 Å². The summed E-state index contributed by atoms with van der Waals surface area (Å²) in [5, 5.41) is 7.98. The van der Waals surface area contributed by atoms with Gasteiger partial charge in [0.25, 0.3) is 0 Å². The maximum Gasteiger partial charge on any atom is 0.137 e. The molecule has 3 heterocycles. The number of fused-ring (bicyclic) bond motifs is 1. The number of aromatic amines is 2. The van der Waals surface area contributed by atoms with Crippen molar-refractivity contribution in [3.63, 3.8) is 0 Å². The minimum Gasteiger partial charge on any atom is -0.346 e. The Bertz CT molecular complexity index is 671. The molecule has 4 heteroatoms. The second kappa shape index (κ2) is 3.70. The van der Waals surface area contributed by atoms with Crippen molar-refractivity contribution in [2.45, 2.75) is 26.2 Å². The van der Waals surface area contributed by atoms with Crippen LogP contribution in [0.15, 0.2) is 30.9 Å².